The van der Waals surface area contributed by atoms with E-state index in [2.05, 4.69) is 68.7 Å². The van der Waals surface area contributed by atoms with Crippen LogP contribution in [-0.4, -0.2) is 64.7 Å². The lowest BCUT2D eigenvalue weighted by atomic mass is 10.1. The van der Waals surface area contributed by atoms with Crippen LogP contribution in [0.2, 0.25) is 0 Å². The molecule has 7 nitrogen and oxygen atoms in total. The minimum atomic E-state index is 0. The maximum Gasteiger partial charge on any atom is 0.194 e. The first-order valence-corrected chi connectivity index (χ1v) is 11.3. The summed E-state index contributed by atoms with van der Waals surface area (Å²) in [4.78, 5) is 9.79. The summed E-state index contributed by atoms with van der Waals surface area (Å²) in [5, 5.41) is 12.0. The molecule has 0 saturated carbocycles. The molecule has 1 aliphatic rings. The van der Waals surface area contributed by atoms with Crippen LogP contribution in [0.25, 0.3) is 5.65 Å². The Balaban J connectivity index is 0.00000289. The summed E-state index contributed by atoms with van der Waals surface area (Å²) < 4.78 is 2.06. The molecule has 4 rings (SSSR count). The van der Waals surface area contributed by atoms with Crippen molar-refractivity contribution >= 4 is 41.3 Å². The van der Waals surface area contributed by atoms with Crippen molar-refractivity contribution in [2.24, 2.45) is 4.99 Å². The molecule has 0 aliphatic carbocycles. The van der Waals surface area contributed by atoms with E-state index in [1.165, 1.54) is 16.8 Å². The Morgan fingerprint density at radius 2 is 1.84 bits per heavy atom. The van der Waals surface area contributed by atoms with Crippen molar-refractivity contribution in [2.75, 3.05) is 44.2 Å². The summed E-state index contributed by atoms with van der Waals surface area (Å²) in [5.74, 6) is 2.02. The van der Waals surface area contributed by atoms with Gasteiger partial charge < -0.3 is 15.1 Å². The summed E-state index contributed by atoms with van der Waals surface area (Å²) in [6.07, 6.45) is 3.84. The highest BCUT2D eigenvalue weighted by atomic mass is 127. The van der Waals surface area contributed by atoms with Crippen LogP contribution in [0, 0.1) is 13.8 Å². The Kier molecular flexibility index (Phi) is 8.72. The second kappa shape index (κ2) is 11.5. The minimum Gasteiger partial charge on any atom is -0.368 e. The highest BCUT2D eigenvalue weighted by Gasteiger charge is 2.21. The Morgan fingerprint density at radius 3 is 2.62 bits per heavy atom. The highest BCUT2D eigenvalue weighted by molar-refractivity contribution is 14.0. The number of anilines is 1. The second-order valence-electron chi connectivity index (χ2n) is 8.08. The Morgan fingerprint density at radius 1 is 1.03 bits per heavy atom. The van der Waals surface area contributed by atoms with Crippen LogP contribution < -0.4 is 10.2 Å². The van der Waals surface area contributed by atoms with Crippen LogP contribution in [0.3, 0.4) is 0 Å². The van der Waals surface area contributed by atoms with Crippen LogP contribution in [0.4, 0.5) is 5.69 Å². The average molecular weight is 547 g/mol. The first-order valence-electron chi connectivity index (χ1n) is 11.3. The molecule has 0 atom stereocenters. The van der Waals surface area contributed by atoms with Gasteiger partial charge in [0.05, 0.1) is 0 Å². The molecule has 0 radical (unpaired) electrons. The summed E-state index contributed by atoms with van der Waals surface area (Å²) in [6, 6.07) is 12.6. The molecular weight excluding hydrogens is 513 g/mol. The molecular formula is C24H34IN7. The number of pyridine rings is 1. The lowest BCUT2D eigenvalue weighted by molar-refractivity contribution is 0.372. The maximum atomic E-state index is 4.90. The van der Waals surface area contributed by atoms with Crippen LogP contribution >= 0.6 is 24.0 Å². The molecule has 0 bridgehead atoms. The molecule has 172 valence electrons. The van der Waals surface area contributed by atoms with E-state index in [9.17, 15) is 0 Å². The number of fused-ring (bicyclic) bond motifs is 1. The molecule has 0 unspecified atom stereocenters. The zero-order valence-corrected chi connectivity index (χ0v) is 21.6. The fraction of sp³-hybridized carbons (Fsp3) is 0.458. The number of hydrogen-bond acceptors (Lipinski definition) is 4. The minimum absolute atomic E-state index is 0. The first kappa shape index (κ1) is 24.3. The largest absolute Gasteiger partial charge is 0.368 e. The highest BCUT2D eigenvalue weighted by Crippen LogP contribution is 2.23. The summed E-state index contributed by atoms with van der Waals surface area (Å²) in [7, 11) is 0. The van der Waals surface area contributed by atoms with Crippen molar-refractivity contribution in [3.63, 3.8) is 0 Å². The van der Waals surface area contributed by atoms with Gasteiger partial charge in [0.25, 0.3) is 0 Å². The monoisotopic (exact) mass is 547 g/mol. The number of guanidine groups is 1. The Labute approximate surface area is 207 Å². The van der Waals surface area contributed by atoms with Gasteiger partial charge in [-0.15, -0.1) is 34.2 Å². The van der Waals surface area contributed by atoms with Gasteiger partial charge in [-0.3, -0.25) is 9.39 Å². The predicted octanol–water partition coefficient (Wildman–Crippen LogP) is 3.68. The zero-order valence-electron chi connectivity index (χ0n) is 19.3. The van der Waals surface area contributed by atoms with Gasteiger partial charge in [-0.05, 0) is 56.5 Å². The Hall–Kier alpha value is -2.36. The standard InChI is InChI=1S/C24H33N7.HI/c1-4-25-24(26-13-8-12-23-28-27-22-11-5-6-14-31(22)23)30-17-15-29(16-18-30)21-10-7-9-19(2)20(21)3;/h5-7,9-11,14H,4,8,12-13,15-18H2,1-3H3,(H,25,26);1H. The predicted molar refractivity (Wildman–Crippen MR) is 142 cm³/mol. The van der Waals surface area contributed by atoms with E-state index in [4.69, 9.17) is 4.99 Å². The second-order valence-corrected chi connectivity index (χ2v) is 8.08. The van der Waals surface area contributed by atoms with Gasteiger partial charge in [0.1, 0.15) is 5.82 Å². The Bertz CT molecular complexity index is 1040. The molecule has 3 aromatic rings. The lowest BCUT2D eigenvalue weighted by Gasteiger charge is -2.38. The lowest BCUT2D eigenvalue weighted by Crippen LogP contribution is -2.52. The molecule has 32 heavy (non-hydrogen) atoms. The smallest absolute Gasteiger partial charge is 0.194 e. The molecule has 1 N–H and O–H groups in total. The van der Waals surface area contributed by atoms with E-state index in [1.54, 1.807) is 0 Å². The fourth-order valence-corrected chi connectivity index (χ4v) is 4.15. The molecule has 8 heteroatoms. The maximum absolute atomic E-state index is 4.90. The molecule has 1 aliphatic heterocycles. The molecule has 1 saturated heterocycles. The number of nitrogens with zero attached hydrogens (tertiary/aromatic N) is 6. The van der Waals surface area contributed by atoms with Crippen LogP contribution in [-0.2, 0) is 6.42 Å². The van der Waals surface area contributed by atoms with Gasteiger partial charge >= 0.3 is 0 Å². The van der Waals surface area contributed by atoms with Crippen LogP contribution in [0.5, 0.6) is 0 Å². The van der Waals surface area contributed by atoms with Crippen molar-refractivity contribution in [1.82, 2.24) is 24.8 Å². The summed E-state index contributed by atoms with van der Waals surface area (Å²) in [6.45, 7) is 12.2. The van der Waals surface area contributed by atoms with Crippen LogP contribution in [0.15, 0.2) is 47.6 Å². The first-order chi connectivity index (χ1) is 15.2. The molecule has 2 aromatic heterocycles. The van der Waals surface area contributed by atoms with Crippen molar-refractivity contribution in [2.45, 2.75) is 33.6 Å². The van der Waals surface area contributed by atoms with E-state index in [1.807, 2.05) is 24.4 Å². The van der Waals surface area contributed by atoms with Crippen molar-refractivity contribution in [1.29, 1.82) is 0 Å². The van der Waals surface area contributed by atoms with Crippen LogP contribution in [0.1, 0.15) is 30.3 Å². The third kappa shape index (κ3) is 5.51. The average Bonchev–Trinajstić information content (AvgIpc) is 3.21. The molecule has 0 spiro atoms. The molecule has 3 heterocycles. The van der Waals surface area contributed by atoms with Crippen molar-refractivity contribution in [3.8, 4) is 0 Å². The van der Waals surface area contributed by atoms with Gasteiger partial charge in [-0.1, -0.05) is 18.2 Å². The third-order valence-corrected chi connectivity index (χ3v) is 6.04. The molecule has 1 aromatic carbocycles. The number of hydrogen-bond donors (Lipinski definition) is 1. The van der Waals surface area contributed by atoms with Crippen molar-refractivity contribution in [3.05, 3.63) is 59.5 Å². The number of benzene rings is 1. The van der Waals surface area contributed by atoms with Gasteiger partial charge in [-0.2, -0.15) is 0 Å². The number of aryl methyl sites for hydroxylation is 2. The number of piperazine rings is 1. The van der Waals surface area contributed by atoms with E-state index in [0.717, 1.165) is 69.5 Å². The number of nitrogens with one attached hydrogen (secondary N) is 1. The number of aliphatic imine (C=N–C) groups is 1. The summed E-state index contributed by atoms with van der Waals surface area (Å²) >= 11 is 0. The molecule has 0 amide bonds. The third-order valence-electron chi connectivity index (χ3n) is 6.04. The van der Waals surface area contributed by atoms with E-state index in [-0.39, 0.29) is 24.0 Å². The van der Waals surface area contributed by atoms with Gasteiger partial charge in [0.2, 0.25) is 0 Å². The van der Waals surface area contributed by atoms with E-state index >= 15 is 0 Å². The summed E-state index contributed by atoms with van der Waals surface area (Å²) in [5.41, 5.74) is 5.01. The van der Waals surface area contributed by atoms with Crippen molar-refractivity contribution < 1.29 is 0 Å². The zero-order chi connectivity index (χ0) is 21.6. The number of halogens is 1. The topological polar surface area (TPSA) is 61.1 Å². The van der Waals surface area contributed by atoms with E-state index < -0.39 is 0 Å². The number of aromatic nitrogens is 3. The normalized spacial score (nSPS) is 14.5. The number of rotatable bonds is 6. The quantitative estimate of drug-likeness (QED) is 0.221. The fourth-order valence-electron chi connectivity index (χ4n) is 4.15. The van der Waals surface area contributed by atoms with Gasteiger partial charge in [0.15, 0.2) is 11.6 Å². The molecule has 1 fully saturated rings. The van der Waals surface area contributed by atoms with Gasteiger partial charge in [0, 0.05) is 57.6 Å². The SMILES string of the molecule is CCNC(=NCCCc1nnc2ccccn12)N1CCN(c2cccc(C)c2C)CC1.I. The van der Waals surface area contributed by atoms with E-state index in [0.29, 0.717) is 0 Å². The van der Waals surface area contributed by atoms with Gasteiger partial charge in [-0.25, -0.2) is 0 Å².